The standard InChI is InChI=1S/C15H17F2N5O3/c1-9-19-10(2)22(21-9)8-4-7-18-14(23)20-11-5-3-6-12-13(11)25-15(16,17)24-12/h3,5-6H,4,7-8H2,1-2H3,(H2,18,20,23). The number of ether oxygens (including phenoxy) is 2. The molecule has 0 saturated carbocycles. The summed E-state index contributed by atoms with van der Waals surface area (Å²) in [7, 11) is 0. The normalized spacial score (nSPS) is 14.4. The fraction of sp³-hybridized carbons (Fsp3) is 0.400. The van der Waals surface area contributed by atoms with Crippen LogP contribution in [0.3, 0.4) is 0 Å². The third-order valence-electron chi connectivity index (χ3n) is 3.47. The first-order valence-corrected chi connectivity index (χ1v) is 7.66. The number of para-hydroxylation sites is 1. The van der Waals surface area contributed by atoms with Crippen molar-refractivity contribution in [3.05, 3.63) is 29.8 Å². The van der Waals surface area contributed by atoms with Gasteiger partial charge in [-0.2, -0.15) is 5.10 Å². The molecule has 8 nitrogen and oxygen atoms in total. The number of benzene rings is 1. The second-order valence-electron chi connectivity index (χ2n) is 5.46. The van der Waals surface area contributed by atoms with Crippen molar-refractivity contribution in [3.8, 4) is 11.5 Å². The lowest BCUT2D eigenvalue weighted by atomic mass is 10.2. The Labute approximate surface area is 142 Å². The van der Waals surface area contributed by atoms with E-state index in [1.807, 2.05) is 13.8 Å². The van der Waals surface area contributed by atoms with Crippen molar-refractivity contribution < 1.29 is 23.0 Å². The van der Waals surface area contributed by atoms with E-state index in [4.69, 9.17) is 0 Å². The largest absolute Gasteiger partial charge is 0.586 e. The summed E-state index contributed by atoms with van der Waals surface area (Å²) >= 11 is 0. The Bertz CT molecular complexity index is 793. The molecule has 10 heteroatoms. The van der Waals surface area contributed by atoms with Gasteiger partial charge in [-0.15, -0.1) is 8.78 Å². The van der Waals surface area contributed by atoms with E-state index >= 15 is 0 Å². The second-order valence-corrected chi connectivity index (χ2v) is 5.46. The summed E-state index contributed by atoms with van der Waals surface area (Å²) in [5.41, 5.74) is 0.106. The first-order chi connectivity index (χ1) is 11.8. The maximum atomic E-state index is 13.1. The van der Waals surface area contributed by atoms with E-state index in [-0.39, 0.29) is 17.2 Å². The molecule has 25 heavy (non-hydrogen) atoms. The van der Waals surface area contributed by atoms with Crippen molar-refractivity contribution in [1.29, 1.82) is 0 Å². The van der Waals surface area contributed by atoms with Crippen LogP contribution in [0.25, 0.3) is 0 Å². The lowest BCUT2D eigenvalue weighted by Crippen LogP contribution is -2.30. The minimum absolute atomic E-state index is 0.106. The molecular weight excluding hydrogens is 336 g/mol. The molecule has 0 aliphatic carbocycles. The molecule has 2 amide bonds. The fourth-order valence-electron chi connectivity index (χ4n) is 2.44. The molecule has 0 spiro atoms. The summed E-state index contributed by atoms with van der Waals surface area (Å²) in [6.07, 6.45) is -3.09. The van der Waals surface area contributed by atoms with Gasteiger partial charge in [0.2, 0.25) is 0 Å². The monoisotopic (exact) mass is 353 g/mol. The van der Waals surface area contributed by atoms with E-state index in [9.17, 15) is 13.6 Å². The van der Waals surface area contributed by atoms with Crippen molar-refractivity contribution in [2.24, 2.45) is 0 Å². The van der Waals surface area contributed by atoms with E-state index < -0.39 is 12.3 Å². The van der Waals surface area contributed by atoms with Gasteiger partial charge < -0.3 is 20.1 Å². The minimum Gasteiger partial charge on any atom is -0.395 e. The smallest absolute Gasteiger partial charge is 0.395 e. The molecule has 2 heterocycles. The summed E-state index contributed by atoms with van der Waals surface area (Å²) in [5.74, 6) is 1.18. The highest BCUT2D eigenvalue weighted by molar-refractivity contribution is 5.91. The molecule has 2 N–H and O–H groups in total. The Morgan fingerprint density at radius 1 is 1.32 bits per heavy atom. The van der Waals surface area contributed by atoms with E-state index in [0.29, 0.717) is 25.3 Å². The predicted octanol–water partition coefficient (Wildman–Crippen LogP) is 2.43. The van der Waals surface area contributed by atoms with Crippen molar-refractivity contribution in [2.45, 2.75) is 33.1 Å². The maximum Gasteiger partial charge on any atom is 0.586 e. The Morgan fingerprint density at radius 3 is 2.84 bits per heavy atom. The van der Waals surface area contributed by atoms with Gasteiger partial charge in [-0.3, -0.25) is 4.68 Å². The molecule has 0 fully saturated rings. The molecule has 0 unspecified atom stereocenters. The highest BCUT2D eigenvalue weighted by Gasteiger charge is 2.44. The summed E-state index contributed by atoms with van der Waals surface area (Å²) < 4.78 is 36.7. The number of nitrogens with one attached hydrogen (secondary N) is 2. The zero-order valence-electron chi connectivity index (χ0n) is 13.7. The number of aryl methyl sites for hydroxylation is 3. The average molecular weight is 353 g/mol. The van der Waals surface area contributed by atoms with Crippen molar-refractivity contribution in [1.82, 2.24) is 20.1 Å². The Hall–Kier alpha value is -2.91. The first-order valence-electron chi connectivity index (χ1n) is 7.66. The lowest BCUT2D eigenvalue weighted by molar-refractivity contribution is -0.286. The van der Waals surface area contributed by atoms with Gasteiger partial charge in [0.05, 0.1) is 5.69 Å². The van der Waals surface area contributed by atoms with E-state index in [1.54, 1.807) is 4.68 Å². The third-order valence-corrected chi connectivity index (χ3v) is 3.47. The minimum atomic E-state index is -3.73. The van der Waals surface area contributed by atoms with Gasteiger partial charge in [-0.05, 0) is 32.4 Å². The summed E-state index contributed by atoms with van der Waals surface area (Å²) in [6, 6.07) is 3.74. The van der Waals surface area contributed by atoms with Crippen LogP contribution in [0.1, 0.15) is 18.1 Å². The first kappa shape index (κ1) is 16.9. The molecule has 1 aliphatic rings. The number of carbonyl (C=O) groups is 1. The van der Waals surface area contributed by atoms with Gasteiger partial charge in [0.1, 0.15) is 11.6 Å². The highest BCUT2D eigenvalue weighted by atomic mass is 19.3. The number of alkyl halides is 2. The molecule has 1 aromatic heterocycles. The summed E-state index contributed by atoms with van der Waals surface area (Å²) in [4.78, 5) is 16.1. The summed E-state index contributed by atoms with van der Waals surface area (Å²) in [5, 5.41) is 9.34. The van der Waals surface area contributed by atoms with Gasteiger partial charge in [0.15, 0.2) is 11.5 Å². The number of urea groups is 1. The number of halogens is 2. The van der Waals surface area contributed by atoms with Crippen molar-refractivity contribution in [2.75, 3.05) is 11.9 Å². The molecule has 2 aromatic rings. The number of nitrogens with zero attached hydrogens (tertiary/aromatic N) is 3. The Morgan fingerprint density at radius 2 is 2.12 bits per heavy atom. The SMILES string of the molecule is Cc1nc(C)n(CCCNC(=O)Nc2cccc3c2OC(F)(F)O3)n1. The molecule has 0 radical (unpaired) electrons. The fourth-order valence-corrected chi connectivity index (χ4v) is 2.44. The Kier molecular flexibility index (Phi) is 4.43. The summed E-state index contributed by atoms with van der Waals surface area (Å²) in [6.45, 7) is 4.65. The molecule has 134 valence electrons. The third kappa shape index (κ3) is 3.95. The predicted molar refractivity (Wildman–Crippen MR) is 83.8 cm³/mol. The van der Waals surface area contributed by atoms with Gasteiger partial charge in [-0.1, -0.05) is 6.07 Å². The number of hydrogen-bond acceptors (Lipinski definition) is 5. The van der Waals surface area contributed by atoms with Gasteiger partial charge in [0.25, 0.3) is 0 Å². The number of amides is 2. The lowest BCUT2D eigenvalue weighted by Gasteiger charge is -2.10. The van der Waals surface area contributed by atoms with Crippen LogP contribution in [0.5, 0.6) is 11.5 Å². The van der Waals surface area contributed by atoms with Gasteiger partial charge in [0, 0.05) is 13.1 Å². The van der Waals surface area contributed by atoms with Crippen LogP contribution in [0.4, 0.5) is 19.3 Å². The average Bonchev–Trinajstić information content (AvgIpc) is 3.01. The van der Waals surface area contributed by atoms with Crippen LogP contribution in [0.15, 0.2) is 18.2 Å². The number of hydrogen-bond donors (Lipinski definition) is 2. The van der Waals surface area contributed by atoms with Crippen LogP contribution in [-0.2, 0) is 6.54 Å². The molecule has 0 saturated heterocycles. The molecule has 0 atom stereocenters. The number of anilines is 1. The maximum absolute atomic E-state index is 13.1. The van der Waals surface area contributed by atoms with Crippen LogP contribution >= 0.6 is 0 Å². The van der Waals surface area contributed by atoms with E-state index in [2.05, 4.69) is 30.2 Å². The zero-order valence-corrected chi connectivity index (χ0v) is 13.7. The van der Waals surface area contributed by atoms with E-state index in [1.165, 1.54) is 18.2 Å². The van der Waals surface area contributed by atoms with Crippen LogP contribution in [-0.4, -0.2) is 33.6 Å². The van der Waals surface area contributed by atoms with Crippen molar-refractivity contribution in [3.63, 3.8) is 0 Å². The Balaban J connectivity index is 1.49. The molecule has 1 aromatic carbocycles. The topological polar surface area (TPSA) is 90.3 Å². The van der Waals surface area contributed by atoms with Crippen LogP contribution < -0.4 is 20.1 Å². The second kappa shape index (κ2) is 6.54. The van der Waals surface area contributed by atoms with Crippen molar-refractivity contribution >= 4 is 11.7 Å². The van der Waals surface area contributed by atoms with E-state index in [0.717, 1.165) is 5.82 Å². The molecule has 1 aliphatic heterocycles. The molecular formula is C15H17F2N5O3. The number of aromatic nitrogens is 3. The van der Waals surface area contributed by atoms with Crippen LogP contribution in [0.2, 0.25) is 0 Å². The van der Waals surface area contributed by atoms with Gasteiger partial charge in [-0.25, -0.2) is 9.78 Å². The number of fused-ring (bicyclic) bond motifs is 1. The highest BCUT2D eigenvalue weighted by Crippen LogP contribution is 2.45. The number of rotatable bonds is 5. The molecule has 3 rings (SSSR count). The quantitative estimate of drug-likeness (QED) is 0.806. The molecule has 0 bridgehead atoms. The number of carbonyl (C=O) groups excluding carboxylic acids is 1. The zero-order chi connectivity index (χ0) is 18.0. The van der Waals surface area contributed by atoms with Gasteiger partial charge >= 0.3 is 12.3 Å². The van der Waals surface area contributed by atoms with Crippen LogP contribution in [0, 0.1) is 13.8 Å².